The summed E-state index contributed by atoms with van der Waals surface area (Å²) in [7, 11) is 0. The Kier molecular flexibility index (Phi) is 6.29. The van der Waals surface area contributed by atoms with E-state index in [1.165, 1.54) is 17.0 Å². The predicted molar refractivity (Wildman–Crippen MR) is 71.6 cm³/mol. The van der Waals surface area contributed by atoms with E-state index in [1.54, 1.807) is 0 Å². The summed E-state index contributed by atoms with van der Waals surface area (Å²) in [6.45, 7) is 1.93. The molecule has 114 valence electrons. The van der Waals surface area contributed by atoms with E-state index in [0.717, 1.165) is 18.9 Å². The summed E-state index contributed by atoms with van der Waals surface area (Å²) in [6, 6.07) is 3.80. The maximum atomic E-state index is 13.1. The Morgan fingerprint density at radius 1 is 1.15 bits per heavy atom. The number of hydrogen-bond acceptors (Lipinski definition) is 3. The lowest BCUT2D eigenvalue weighted by atomic mass is 10.1. The maximum absolute atomic E-state index is 13.1. The molecule has 0 fully saturated rings. The summed E-state index contributed by atoms with van der Waals surface area (Å²) >= 11 is 0. The number of aliphatic hydroxyl groups is 2. The zero-order valence-corrected chi connectivity index (χ0v) is 11.5. The number of benzene rings is 1. The van der Waals surface area contributed by atoms with Crippen molar-refractivity contribution in [2.75, 3.05) is 24.6 Å². The van der Waals surface area contributed by atoms with Crippen LogP contribution in [0.15, 0.2) is 18.2 Å². The number of rotatable bonds is 7. The molecule has 0 bridgehead atoms. The molecule has 0 aliphatic heterocycles. The molecule has 0 amide bonds. The first-order valence-corrected chi connectivity index (χ1v) is 6.60. The zero-order chi connectivity index (χ0) is 15.2. The van der Waals surface area contributed by atoms with Crippen molar-refractivity contribution in [1.29, 1.82) is 0 Å². The molecule has 0 radical (unpaired) electrons. The molecule has 1 aromatic carbocycles. The largest absolute Gasteiger partial charge is 0.418 e. The van der Waals surface area contributed by atoms with Crippen molar-refractivity contribution in [3.8, 4) is 0 Å². The highest BCUT2D eigenvalue weighted by atomic mass is 19.4. The van der Waals surface area contributed by atoms with Crippen molar-refractivity contribution in [3.63, 3.8) is 0 Å². The van der Waals surface area contributed by atoms with Crippen LogP contribution in [0.2, 0.25) is 0 Å². The number of nitrogens with zero attached hydrogens (tertiary/aromatic N) is 1. The van der Waals surface area contributed by atoms with Crippen LogP contribution in [-0.2, 0) is 12.8 Å². The summed E-state index contributed by atoms with van der Waals surface area (Å²) in [4.78, 5) is 1.54. The van der Waals surface area contributed by atoms with Gasteiger partial charge in [0.05, 0.1) is 18.8 Å². The fourth-order valence-corrected chi connectivity index (χ4v) is 2.01. The van der Waals surface area contributed by atoms with Gasteiger partial charge >= 0.3 is 6.18 Å². The molecule has 0 spiro atoms. The molecule has 0 aliphatic rings. The molecule has 1 rings (SSSR count). The van der Waals surface area contributed by atoms with Crippen LogP contribution < -0.4 is 4.90 Å². The van der Waals surface area contributed by atoms with E-state index in [4.69, 9.17) is 10.2 Å². The molecule has 0 saturated carbocycles. The van der Waals surface area contributed by atoms with E-state index in [2.05, 4.69) is 0 Å². The highest BCUT2D eigenvalue weighted by molar-refractivity contribution is 5.56. The van der Waals surface area contributed by atoms with Crippen LogP contribution in [0, 0.1) is 0 Å². The molecule has 0 aliphatic carbocycles. The zero-order valence-electron chi connectivity index (χ0n) is 11.5. The van der Waals surface area contributed by atoms with Crippen LogP contribution in [0.3, 0.4) is 0 Å². The van der Waals surface area contributed by atoms with Crippen LogP contribution in [0.25, 0.3) is 0 Å². The Balaban J connectivity index is 3.18. The Morgan fingerprint density at radius 2 is 1.85 bits per heavy atom. The molecule has 6 heteroatoms. The topological polar surface area (TPSA) is 43.7 Å². The second-order valence-corrected chi connectivity index (χ2v) is 4.57. The second kappa shape index (κ2) is 7.50. The Bertz CT molecular complexity index is 421. The minimum Gasteiger partial charge on any atom is -0.395 e. The first kappa shape index (κ1) is 16.8. The van der Waals surface area contributed by atoms with Crippen LogP contribution in [0.5, 0.6) is 0 Å². The van der Waals surface area contributed by atoms with E-state index >= 15 is 0 Å². The second-order valence-electron chi connectivity index (χ2n) is 4.57. The standard InChI is InChI=1S/C14H20F3NO2/c1-2-3-6-18(7-8-19)13-5-4-11(10-20)9-12(13)14(15,16)17/h4-5,9,19-20H,2-3,6-8,10H2,1H3. The van der Waals surface area contributed by atoms with E-state index in [0.29, 0.717) is 6.54 Å². The normalized spacial score (nSPS) is 11.7. The van der Waals surface area contributed by atoms with Gasteiger partial charge in [-0.15, -0.1) is 0 Å². The first-order chi connectivity index (χ1) is 9.43. The van der Waals surface area contributed by atoms with Crippen molar-refractivity contribution in [2.45, 2.75) is 32.5 Å². The van der Waals surface area contributed by atoms with Gasteiger partial charge in [-0.05, 0) is 24.1 Å². The van der Waals surface area contributed by atoms with Gasteiger partial charge in [-0.2, -0.15) is 13.2 Å². The molecule has 0 aromatic heterocycles. The van der Waals surface area contributed by atoms with Crippen molar-refractivity contribution in [1.82, 2.24) is 0 Å². The third-order valence-electron chi connectivity index (χ3n) is 3.04. The molecule has 1 aromatic rings. The average Bonchev–Trinajstić information content (AvgIpc) is 2.42. The van der Waals surface area contributed by atoms with Gasteiger partial charge in [-0.3, -0.25) is 0 Å². The van der Waals surface area contributed by atoms with Gasteiger partial charge in [0.2, 0.25) is 0 Å². The van der Waals surface area contributed by atoms with E-state index in [-0.39, 0.29) is 24.4 Å². The van der Waals surface area contributed by atoms with Gasteiger partial charge in [0.25, 0.3) is 0 Å². The molecule has 0 saturated heterocycles. The SMILES string of the molecule is CCCCN(CCO)c1ccc(CO)cc1C(F)(F)F. The number of unbranched alkanes of at least 4 members (excludes halogenated alkanes) is 1. The molecule has 0 heterocycles. The van der Waals surface area contributed by atoms with Gasteiger partial charge in [0.1, 0.15) is 0 Å². The van der Waals surface area contributed by atoms with Crippen LogP contribution in [0.4, 0.5) is 18.9 Å². The van der Waals surface area contributed by atoms with Gasteiger partial charge in [-0.1, -0.05) is 19.4 Å². The Morgan fingerprint density at radius 3 is 2.35 bits per heavy atom. The van der Waals surface area contributed by atoms with Gasteiger partial charge in [0.15, 0.2) is 0 Å². The summed E-state index contributed by atoms with van der Waals surface area (Å²) in [5, 5.41) is 18.0. The maximum Gasteiger partial charge on any atom is 0.418 e. The summed E-state index contributed by atoms with van der Waals surface area (Å²) < 4.78 is 39.4. The molecule has 20 heavy (non-hydrogen) atoms. The quantitative estimate of drug-likeness (QED) is 0.812. The highest BCUT2D eigenvalue weighted by Crippen LogP contribution is 2.37. The van der Waals surface area contributed by atoms with E-state index in [9.17, 15) is 13.2 Å². The Hall–Kier alpha value is -1.27. The van der Waals surface area contributed by atoms with Gasteiger partial charge < -0.3 is 15.1 Å². The van der Waals surface area contributed by atoms with Crippen LogP contribution in [-0.4, -0.2) is 29.9 Å². The minimum atomic E-state index is -4.49. The molecule has 2 N–H and O–H groups in total. The Labute approximate surface area is 116 Å². The van der Waals surface area contributed by atoms with Crippen molar-refractivity contribution < 1.29 is 23.4 Å². The lowest BCUT2D eigenvalue weighted by Gasteiger charge is -2.27. The number of hydrogen-bond donors (Lipinski definition) is 2. The molecular formula is C14H20F3NO2. The summed E-state index contributed by atoms with van der Waals surface area (Å²) in [5.41, 5.74) is -0.494. The lowest BCUT2D eigenvalue weighted by Crippen LogP contribution is -2.30. The highest BCUT2D eigenvalue weighted by Gasteiger charge is 2.35. The third kappa shape index (κ3) is 4.38. The van der Waals surface area contributed by atoms with Gasteiger partial charge in [0, 0.05) is 18.8 Å². The smallest absolute Gasteiger partial charge is 0.395 e. The fourth-order valence-electron chi connectivity index (χ4n) is 2.01. The van der Waals surface area contributed by atoms with Crippen molar-refractivity contribution >= 4 is 5.69 Å². The number of alkyl halides is 3. The number of halogens is 3. The van der Waals surface area contributed by atoms with E-state index in [1.807, 2.05) is 6.92 Å². The molecule has 0 atom stereocenters. The molecule has 0 unspecified atom stereocenters. The fraction of sp³-hybridized carbons (Fsp3) is 0.571. The van der Waals surface area contributed by atoms with Gasteiger partial charge in [-0.25, -0.2) is 0 Å². The minimum absolute atomic E-state index is 0.0530. The molecule has 3 nitrogen and oxygen atoms in total. The predicted octanol–water partition coefficient (Wildman–Crippen LogP) is 2.80. The third-order valence-corrected chi connectivity index (χ3v) is 3.04. The van der Waals surface area contributed by atoms with Crippen LogP contribution in [0.1, 0.15) is 30.9 Å². The number of anilines is 1. The lowest BCUT2D eigenvalue weighted by molar-refractivity contribution is -0.137. The van der Waals surface area contributed by atoms with Crippen molar-refractivity contribution in [2.24, 2.45) is 0 Å². The van der Waals surface area contributed by atoms with E-state index < -0.39 is 18.3 Å². The average molecular weight is 291 g/mol. The van der Waals surface area contributed by atoms with Crippen LogP contribution >= 0.6 is 0 Å². The first-order valence-electron chi connectivity index (χ1n) is 6.60. The summed E-state index contributed by atoms with van der Waals surface area (Å²) in [5.74, 6) is 0. The van der Waals surface area contributed by atoms with Crippen molar-refractivity contribution in [3.05, 3.63) is 29.3 Å². The monoisotopic (exact) mass is 291 g/mol. The molecular weight excluding hydrogens is 271 g/mol. The number of aliphatic hydroxyl groups excluding tert-OH is 2. The summed E-state index contributed by atoms with van der Waals surface area (Å²) in [6.07, 6.45) is -2.88.